The number of thiazole rings is 1. The van der Waals surface area contributed by atoms with E-state index in [9.17, 15) is 9.59 Å². The minimum Gasteiger partial charge on any atom is -0.468 e. The number of carbonyl (C=O) groups excluding carboxylic acids is 2. The van der Waals surface area contributed by atoms with Crippen molar-refractivity contribution in [1.29, 1.82) is 0 Å². The second-order valence-electron chi connectivity index (χ2n) is 4.39. The number of anilines is 1. The summed E-state index contributed by atoms with van der Waals surface area (Å²) >= 11 is 1.37. The van der Waals surface area contributed by atoms with Crippen molar-refractivity contribution in [2.45, 2.75) is 25.3 Å². The molecule has 1 aliphatic heterocycles. The van der Waals surface area contributed by atoms with Crippen LogP contribution in [0.25, 0.3) is 0 Å². The number of likely N-dealkylation sites (tertiary alicyclic amines) is 1. The number of esters is 1. The summed E-state index contributed by atoms with van der Waals surface area (Å²) in [6, 6.07) is -0.305. The van der Waals surface area contributed by atoms with Crippen LogP contribution in [0.1, 0.15) is 19.3 Å². The highest BCUT2D eigenvalue weighted by molar-refractivity contribution is 7.13. The summed E-state index contributed by atoms with van der Waals surface area (Å²) in [7, 11) is 1.38. The number of amides is 1. The molecule has 0 aromatic carbocycles. The number of carbonyl (C=O) groups is 2. The number of methoxy groups -OCH3 is 1. The zero-order valence-electron chi connectivity index (χ0n) is 10.8. The fraction of sp³-hybridized carbons (Fsp3) is 0.583. The van der Waals surface area contributed by atoms with Crippen LogP contribution in [0.3, 0.4) is 0 Å². The van der Waals surface area contributed by atoms with Gasteiger partial charge in [0.05, 0.1) is 13.7 Å². The summed E-state index contributed by atoms with van der Waals surface area (Å²) in [5.41, 5.74) is 0. The molecule has 19 heavy (non-hydrogen) atoms. The smallest absolute Gasteiger partial charge is 0.323 e. The lowest BCUT2D eigenvalue weighted by Crippen LogP contribution is -2.48. The molecule has 1 aromatic heterocycles. The highest BCUT2D eigenvalue weighted by Crippen LogP contribution is 2.18. The summed E-state index contributed by atoms with van der Waals surface area (Å²) in [6.07, 6.45) is 4.37. The Labute approximate surface area is 115 Å². The van der Waals surface area contributed by atoms with Gasteiger partial charge in [-0.2, -0.15) is 0 Å². The van der Waals surface area contributed by atoms with E-state index in [4.69, 9.17) is 4.74 Å². The highest BCUT2D eigenvalue weighted by atomic mass is 32.1. The molecule has 1 aliphatic rings. The molecule has 1 unspecified atom stereocenters. The number of hydrogen-bond donors (Lipinski definition) is 1. The van der Waals surface area contributed by atoms with Gasteiger partial charge >= 0.3 is 5.97 Å². The standard InChI is InChI=1S/C12H17N3O3S/c1-18-11(17)9-4-2-3-6-15(9)8-10(16)14-12-13-5-7-19-12/h5,7,9H,2-4,6,8H2,1H3,(H,13,14,16). The topological polar surface area (TPSA) is 71.5 Å². The van der Waals surface area contributed by atoms with Crippen LogP contribution in [-0.2, 0) is 14.3 Å². The predicted molar refractivity (Wildman–Crippen MR) is 72.0 cm³/mol. The Morgan fingerprint density at radius 1 is 1.58 bits per heavy atom. The van der Waals surface area contributed by atoms with Crippen LogP contribution in [-0.4, -0.2) is 48.0 Å². The predicted octanol–water partition coefficient (Wildman–Crippen LogP) is 1.11. The van der Waals surface area contributed by atoms with Gasteiger partial charge in [-0.15, -0.1) is 11.3 Å². The molecule has 7 heteroatoms. The van der Waals surface area contributed by atoms with Crippen LogP contribution >= 0.6 is 11.3 Å². The molecule has 1 atom stereocenters. The lowest BCUT2D eigenvalue weighted by molar-refractivity contribution is -0.148. The van der Waals surface area contributed by atoms with Crippen molar-refractivity contribution in [3.05, 3.63) is 11.6 Å². The van der Waals surface area contributed by atoms with E-state index in [2.05, 4.69) is 10.3 Å². The number of rotatable bonds is 4. The lowest BCUT2D eigenvalue weighted by atomic mass is 10.0. The lowest BCUT2D eigenvalue weighted by Gasteiger charge is -2.32. The maximum Gasteiger partial charge on any atom is 0.323 e. The third-order valence-corrected chi connectivity index (χ3v) is 3.80. The molecule has 6 nitrogen and oxygen atoms in total. The second-order valence-corrected chi connectivity index (χ2v) is 5.29. The molecule has 104 valence electrons. The third kappa shape index (κ3) is 3.74. The van der Waals surface area contributed by atoms with Crippen molar-refractivity contribution in [2.24, 2.45) is 0 Å². The molecule has 0 radical (unpaired) electrons. The van der Waals surface area contributed by atoms with Gasteiger partial charge < -0.3 is 10.1 Å². The fourth-order valence-corrected chi connectivity index (χ4v) is 2.76. The molecule has 0 aliphatic carbocycles. The minimum atomic E-state index is -0.305. The average Bonchev–Trinajstić information content (AvgIpc) is 2.91. The Hall–Kier alpha value is -1.47. The van der Waals surface area contributed by atoms with Crippen LogP contribution in [0, 0.1) is 0 Å². The van der Waals surface area contributed by atoms with Gasteiger partial charge in [0.15, 0.2) is 5.13 Å². The van der Waals surface area contributed by atoms with E-state index in [1.165, 1.54) is 18.4 Å². The van der Waals surface area contributed by atoms with Crippen molar-refractivity contribution >= 4 is 28.3 Å². The molecule has 1 aromatic rings. The van der Waals surface area contributed by atoms with E-state index >= 15 is 0 Å². The Bertz CT molecular complexity index is 435. The van der Waals surface area contributed by atoms with Gasteiger partial charge in [0.1, 0.15) is 6.04 Å². The first kappa shape index (κ1) is 14.0. The maximum absolute atomic E-state index is 11.9. The zero-order chi connectivity index (χ0) is 13.7. The van der Waals surface area contributed by atoms with E-state index in [1.54, 1.807) is 11.6 Å². The largest absolute Gasteiger partial charge is 0.468 e. The SMILES string of the molecule is COC(=O)C1CCCCN1CC(=O)Nc1nccs1. The van der Waals surface area contributed by atoms with Crippen molar-refractivity contribution < 1.29 is 14.3 Å². The Morgan fingerprint density at radius 3 is 3.11 bits per heavy atom. The van der Waals surface area contributed by atoms with Gasteiger partial charge in [0.25, 0.3) is 0 Å². The van der Waals surface area contributed by atoms with Crippen LogP contribution in [0.15, 0.2) is 11.6 Å². The summed E-state index contributed by atoms with van der Waals surface area (Å²) in [5, 5.41) is 5.10. The molecule has 1 saturated heterocycles. The highest BCUT2D eigenvalue weighted by Gasteiger charge is 2.30. The quantitative estimate of drug-likeness (QED) is 0.838. The molecule has 1 N–H and O–H groups in total. The van der Waals surface area contributed by atoms with E-state index in [0.29, 0.717) is 5.13 Å². The van der Waals surface area contributed by atoms with Gasteiger partial charge in [-0.05, 0) is 19.4 Å². The molecule has 1 amide bonds. The van der Waals surface area contributed by atoms with Crippen LogP contribution in [0.4, 0.5) is 5.13 Å². The van der Waals surface area contributed by atoms with Crippen molar-refractivity contribution in [3.8, 4) is 0 Å². The maximum atomic E-state index is 11.9. The first-order valence-electron chi connectivity index (χ1n) is 6.22. The molecule has 0 bridgehead atoms. The van der Waals surface area contributed by atoms with E-state index < -0.39 is 0 Å². The van der Waals surface area contributed by atoms with E-state index in [0.717, 1.165) is 25.8 Å². The summed E-state index contributed by atoms with van der Waals surface area (Å²) in [5.74, 6) is -0.410. The molecule has 2 heterocycles. The Balaban J connectivity index is 1.91. The Morgan fingerprint density at radius 2 is 2.42 bits per heavy atom. The summed E-state index contributed by atoms with van der Waals surface area (Å²) < 4.78 is 4.78. The first-order chi connectivity index (χ1) is 9.20. The molecule has 0 saturated carbocycles. The number of aromatic nitrogens is 1. The van der Waals surface area contributed by atoms with Gasteiger partial charge in [0, 0.05) is 11.6 Å². The number of ether oxygens (including phenoxy) is 1. The van der Waals surface area contributed by atoms with Crippen LogP contribution in [0.5, 0.6) is 0 Å². The number of piperidine rings is 1. The average molecular weight is 283 g/mol. The van der Waals surface area contributed by atoms with E-state index in [-0.39, 0.29) is 24.5 Å². The van der Waals surface area contributed by atoms with Crippen LogP contribution < -0.4 is 5.32 Å². The van der Waals surface area contributed by atoms with Gasteiger partial charge in [0.2, 0.25) is 5.91 Å². The van der Waals surface area contributed by atoms with Crippen molar-refractivity contribution in [1.82, 2.24) is 9.88 Å². The molecular formula is C12H17N3O3S. The van der Waals surface area contributed by atoms with Gasteiger partial charge in [-0.25, -0.2) is 4.98 Å². The molecule has 1 fully saturated rings. The van der Waals surface area contributed by atoms with Crippen molar-refractivity contribution in [3.63, 3.8) is 0 Å². The van der Waals surface area contributed by atoms with E-state index in [1.807, 2.05) is 4.90 Å². The molecule has 0 spiro atoms. The van der Waals surface area contributed by atoms with Gasteiger partial charge in [-0.3, -0.25) is 14.5 Å². The summed E-state index contributed by atoms with van der Waals surface area (Å²) in [4.78, 5) is 29.4. The third-order valence-electron chi connectivity index (χ3n) is 3.11. The minimum absolute atomic E-state index is 0.147. The van der Waals surface area contributed by atoms with Crippen LogP contribution in [0.2, 0.25) is 0 Å². The van der Waals surface area contributed by atoms with Crippen molar-refractivity contribution in [2.75, 3.05) is 25.5 Å². The molecular weight excluding hydrogens is 266 g/mol. The normalized spacial score (nSPS) is 19.9. The first-order valence-corrected chi connectivity index (χ1v) is 7.10. The van der Waals surface area contributed by atoms with Gasteiger partial charge in [-0.1, -0.05) is 6.42 Å². The second kappa shape index (κ2) is 6.63. The number of hydrogen-bond acceptors (Lipinski definition) is 6. The monoisotopic (exact) mass is 283 g/mol. The fourth-order valence-electron chi connectivity index (χ4n) is 2.21. The summed E-state index contributed by atoms with van der Waals surface area (Å²) in [6.45, 7) is 0.935. The number of nitrogens with one attached hydrogen (secondary N) is 1. The Kier molecular flexibility index (Phi) is 4.86. The number of nitrogens with zero attached hydrogens (tertiary/aromatic N) is 2. The zero-order valence-corrected chi connectivity index (χ0v) is 11.6. The molecule has 2 rings (SSSR count).